The molecule has 0 bridgehead atoms. The lowest BCUT2D eigenvalue weighted by Crippen LogP contribution is -2.25. The molecule has 2 aromatic rings. The molecule has 5 heteroatoms. The van der Waals surface area contributed by atoms with Gasteiger partial charge in [-0.25, -0.2) is 0 Å². The minimum absolute atomic E-state index is 0.1000. The van der Waals surface area contributed by atoms with Crippen molar-refractivity contribution >= 4 is 5.91 Å². The number of hydrogen-bond donors (Lipinski definition) is 2. The third kappa shape index (κ3) is 2.08. The smallest absolute Gasteiger partial charge is 0.255 e. The molecule has 1 fully saturated rings. The van der Waals surface area contributed by atoms with Gasteiger partial charge in [0.2, 0.25) is 0 Å². The summed E-state index contributed by atoms with van der Waals surface area (Å²) in [5, 5.41) is 9.59. The molecule has 2 heterocycles. The Morgan fingerprint density at radius 1 is 1.59 bits per heavy atom. The summed E-state index contributed by atoms with van der Waals surface area (Å²) in [5.74, 6) is 1.19. The fourth-order valence-corrected chi connectivity index (χ4v) is 1.72. The molecule has 5 nitrogen and oxygen atoms in total. The number of furan rings is 1. The van der Waals surface area contributed by atoms with Crippen molar-refractivity contribution in [3.8, 4) is 11.5 Å². The molecule has 1 aliphatic rings. The highest BCUT2D eigenvalue weighted by molar-refractivity contribution is 5.99. The van der Waals surface area contributed by atoms with E-state index >= 15 is 0 Å². The first kappa shape index (κ1) is 10.1. The molecule has 1 saturated carbocycles. The molecular formula is C12H13N3O2. The van der Waals surface area contributed by atoms with Crippen LogP contribution in [0.1, 0.15) is 23.2 Å². The van der Waals surface area contributed by atoms with E-state index in [9.17, 15) is 4.79 Å². The van der Waals surface area contributed by atoms with Crippen molar-refractivity contribution in [2.45, 2.75) is 12.8 Å². The number of H-pyrrole nitrogens is 1. The Morgan fingerprint density at radius 2 is 2.47 bits per heavy atom. The topological polar surface area (TPSA) is 70.9 Å². The van der Waals surface area contributed by atoms with E-state index in [2.05, 4.69) is 15.5 Å². The van der Waals surface area contributed by atoms with Crippen LogP contribution in [0.3, 0.4) is 0 Å². The van der Waals surface area contributed by atoms with Gasteiger partial charge in [0.25, 0.3) is 5.91 Å². The van der Waals surface area contributed by atoms with Gasteiger partial charge in [-0.1, -0.05) is 0 Å². The first-order chi connectivity index (χ1) is 8.34. The quantitative estimate of drug-likeness (QED) is 0.843. The summed E-state index contributed by atoms with van der Waals surface area (Å²) < 4.78 is 5.26. The molecule has 0 aliphatic heterocycles. The van der Waals surface area contributed by atoms with Gasteiger partial charge in [-0.2, -0.15) is 5.10 Å². The number of aromatic amines is 1. The molecule has 2 N–H and O–H groups in total. The highest BCUT2D eigenvalue weighted by Crippen LogP contribution is 2.28. The first-order valence-corrected chi connectivity index (χ1v) is 5.70. The molecular weight excluding hydrogens is 218 g/mol. The highest BCUT2D eigenvalue weighted by atomic mass is 16.3. The zero-order chi connectivity index (χ0) is 11.7. The van der Waals surface area contributed by atoms with Crippen LogP contribution in [-0.2, 0) is 0 Å². The zero-order valence-corrected chi connectivity index (χ0v) is 9.27. The number of nitrogens with zero attached hydrogens (tertiary/aromatic N) is 1. The zero-order valence-electron chi connectivity index (χ0n) is 9.27. The van der Waals surface area contributed by atoms with E-state index in [4.69, 9.17) is 4.42 Å². The van der Waals surface area contributed by atoms with E-state index < -0.39 is 0 Å². The SMILES string of the molecule is O=C(NCC1CC1)c1cn[nH]c1-c1ccco1. The lowest BCUT2D eigenvalue weighted by Gasteiger charge is -2.03. The van der Waals surface area contributed by atoms with Crippen LogP contribution < -0.4 is 5.32 Å². The average Bonchev–Trinajstić information content (AvgIpc) is 2.84. The fourth-order valence-electron chi connectivity index (χ4n) is 1.72. The standard InChI is InChI=1S/C12H13N3O2/c16-12(13-6-8-3-4-8)9-7-14-15-11(9)10-2-1-5-17-10/h1-2,5,7-8H,3-4,6H2,(H,13,16)(H,14,15). The van der Waals surface area contributed by atoms with Gasteiger partial charge in [0, 0.05) is 6.54 Å². The van der Waals surface area contributed by atoms with E-state index in [1.54, 1.807) is 18.4 Å². The molecule has 0 spiro atoms. The van der Waals surface area contributed by atoms with Gasteiger partial charge in [-0.3, -0.25) is 9.89 Å². The van der Waals surface area contributed by atoms with E-state index in [-0.39, 0.29) is 5.91 Å². The molecule has 1 amide bonds. The van der Waals surface area contributed by atoms with Crippen molar-refractivity contribution in [3.05, 3.63) is 30.2 Å². The highest BCUT2D eigenvalue weighted by Gasteiger charge is 2.23. The summed E-state index contributed by atoms with van der Waals surface area (Å²) in [6, 6.07) is 3.58. The van der Waals surface area contributed by atoms with Crippen LogP contribution in [0.5, 0.6) is 0 Å². The predicted octanol–water partition coefficient (Wildman–Crippen LogP) is 1.81. The number of carbonyl (C=O) groups excluding carboxylic acids is 1. The van der Waals surface area contributed by atoms with Crippen LogP contribution in [-0.4, -0.2) is 22.6 Å². The van der Waals surface area contributed by atoms with Crippen molar-refractivity contribution in [2.75, 3.05) is 6.54 Å². The molecule has 0 atom stereocenters. The van der Waals surface area contributed by atoms with Crippen LogP contribution in [0, 0.1) is 5.92 Å². The maximum Gasteiger partial charge on any atom is 0.255 e. The van der Waals surface area contributed by atoms with E-state index in [0.29, 0.717) is 22.9 Å². The number of nitrogens with one attached hydrogen (secondary N) is 2. The lowest BCUT2D eigenvalue weighted by molar-refractivity contribution is 0.0952. The van der Waals surface area contributed by atoms with Gasteiger partial charge in [-0.05, 0) is 30.9 Å². The van der Waals surface area contributed by atoms with E-state index in [1.807, 2.05) is 0 Å². The Morgan fingerprint density at radius 3 is 3.18 bits per heavy atom. The molecule has 0 aromatic carbocycles. The largest absolute Gasteiger partial charge is 0.463 e. The summed E-state index contributed by atoms with van der Waals surface area (Å²) in [7, 11) is 0. The van der Waals surface area contributed by atoms with Gasteiger partial charge >= 0.3 is 0 Å². The molecule has 2 aromatic heterocycles. The second kappa shape index (κ2) is 4.08. The Hall–Kier alpha value is -2.04. The van der Waals surface area contributed by atoms with Crippen molar-refractivity contribution < 1.29 is 9.21 Å². The number of carbonyl (C=O) groups is 1. The summed E-state index contributed by atoms with van der Waals surface area (Å²) in [5.41, 5.74) is 1.16. The van der Waals surface area contributed by atoms with Crippen LogP contribution in [0.4, 0.5) is 0 Å². The third-order valence-electron chi connectivity index (χ3n) is 2.90. The summed E-state index contributed by atoms with van der Waals surface area (Å²) >= 11 is 0. The second-order valence-electron chi connectivity index (χ2n) is 4.29. The molecule has 17 heavy (non-hydrogen) atoms. The maximum absolute atomic E-state index is 11.9. The molecule has 88 valence electrons. The lowest BCUT2D eigenvalue weighted by atomic mass is 10.2. The molecule has 0 unspecified atom stereocenters. The molecule has 0 saturated heterocycles. The summed E-state index contributed by atoms with van der Waals surface area (Å²) in [6.45, 7) is 0.752. The molecule has 0 radical (unpaired) electrons. The maximum atomic E-state index is 11.9. The van der Waals surface area contributed by atoms with Crippen LogP contribution >= 0.6 is 0 Å². The third-order valence-corrected chi connectivity index (χ3v) is 2.90. The number of rotatable bonds is 4. The van der Waals surface area contributed by atoms with Gasteiger partial charge in [0.05, 0.1) is 18.0 Å². The predicted molar refractivity (Wildman–Crippen MR) is 61.3 cm³/mol. The minimum atomic E-state index is -0.1000. The van der Waals surface area contributed by atoms with Crippen molar-refractivity contribution in [3.63, 3.8) is 0 Å². The average molecular weight is 231 g/mol. The first-order valence-electron chi connectivity index (χ1n) is 5.70. The molecule has 1 aliphatic carbocycles. The van der Waals surface area contributed by atoms with Crippen molar-refractivity contribution in [1.82, 2.24) is 15.5 Å². The summed E-state index contributed by atoms with van der Waals surface area (Å²) in [4.78, 5) is 11.9. The van der Waals surface area contributed by atoms with E-state index in [1.165, 1.54) is 19.0 Å². The Balaban J connectivity index is 1.77. The molecule has 3 rings (SSSR count). The Kier molecular flexibility index (Phi) is 2.44. The van der Waals surface area contributed by atoms with Gasteiger partial charge < -0.3 is 9.73 Å². The number of aromatic nitrogens is 2. The van der Waals surface area contributed by atoms with Crippen LogP contribution in [0.25, 0.3) is 11.5 Å². The normalized spacial score (nSPS) is 14.8. The van der Waals surface area contributed by atoms with Gasteiger partial charge in [0.15, 0.2) is 5.76 Å². The van der Waals surface area contributed by atoms with Crippen LogP contribution in [0.15, 0.2) is 29.0 Å². The van der Waals surface area contributed by atoms with Crippen LogP contribution in [0.2, 0.25) is 0 Å². The Labute approximate surface area is 98.2 Å². The minimum Gasteiger partial charge on any atom is -0.463 e. The van der Waals surface area contributed by atoms with Gasteiger partial charge in [-0.15, -0.1) is 0 Å². The van der Waals surface area contributed by atoms with E-state index in [0.717, 1.165) is 6.54 Å². The van der Waals surface area contributed by atoms with Crippen molar-refractivity contribution in [1.29, 1.82) is 0 Å². The fraction of sp³-hybridized carbons (Fsp3) is 0.333. The number of hydrogen-bond acceptors (Lipinski definition) is 3. The van der Waals surface area contributed by atoms with Crippen molar-refractivity contribution in [2.24, 2.45) is 5.92 Å². The monoisotopic (exact) mass is 231 g/mol. The Bertz CT molecular complexity index is 512. The second-order valence-corrected chi connectivity index (χ2v) is 4.29. The summed E-state index contributed by atoms with van der Waals surface area (Å²) in [6.07, 6.45) is 5.54. The van der Waals surface area contributed by atoms with Gasteiger partial charge in [0.1, 0.15) is 5.69 Å². The number of amides is 1.